The van der Waals surface area contributed by atoms with Crippen molar-refractivity contribution in [1.29, 1.82) is 0 Å². The number of ether oxygens (including phenoxy) is 1. The second-order valence-corrected chi connectivity index (χ2v) is 7.06. The van der Waals surface area contributed by atoms with E-state index in [1.807, 2.05) is 0 Å². The van der Waals surface area contributed by atoms with E-state index < -0.39 is 29.7 Å². The summed E-state index contributed by atoms with van der Waals surface area (Å²) >= 11 is 0. The first-order chi connectivity index (χ1) is 15.4. The number of ketones is 4. The fourth-order valence-electron chi connectivity index (χ4n) is 3.10. The first-order valence-electron chi connectivity index (χ1n) is 9.85. The third-order valence-electron chi connectivity index (χ3n) is 4.87. The Hall–Kier alpha value is -4.19. The smallest absolute Gasteiger partial charge is 0.337 e. The maximum Gasteiger partial charge on any atom is 0.337 e. The van der Waals surface area contributed by atoms with Crippen molar-refractivity contribution < 1.29 is 28.7 Å². The molecule has 0 fully saturated rings. The molecule has 0 aliphatic carbocycles. The van der Waals surface area contributed by atoms with Gasteiger partial charge in [-0.05, 0) is 18.2 Å². The summed E-state index contributed by atoms with van der Waals surface area (Å²) < 4.78 is 4.61. The molecule has 0 radical (unpaired) electrons. The molecular formula is C26H20O6. The number of carbonyl (C=O) groups is 5. The van der Waals surface area contributed by atoms with E-state index in [9.17, 15) is 24.0 Å². The van der Waals surface area contributed by atoms with Crippen molar-refractivity contribution in [2.24, 2.45) is 0 Å². The molecule has 0 bridgehead atoms. The number of benzene rings is 3. The number of hydrogen-bond donors (Lipinski definition) is 0. The van der Waals surface area contributed by atoms with E-state index in [2.05, 4.69) is 4.74 Å². The quantitative estimate of drug-likeness (QED) is 0.285. The van der Waals surface area contributed by atoms with Crippen LogP contribution >= 0.6 is 0 Å². The standard InChI is InChI=1S/C26H20O6/c1-32-26(31)19-12-10-18(11-13-19)23(28)16-25(30)21-9-5-8-20(14-21)24(29)15-22(27)17-6-3-2-4-7-17/h2-14H,15-16H2,1H3. The lowest BCUT2D eigenvalue weighted by molar-refractivity contribution is 0.0599. The molecule has 3 aromatic rings. The molecule has 0 unspecified atom stereocenters. The lowest BCUT2D eigenvalue weighted by Crippen LogP contribution is -2.12. The van der Waals surface area contributed by atoms with Crippen molar-refractivity contribution in [1.82, 2.24) is 0 Å². The summed E-state index contributed by atoms with van der Waals surface area (Å²) in [6.07, 6.45) is -0.703. The Kier molecular flexibility index (Phi) is 7.18. The van der Waals surface area contributed by atoms with E-state index in [-0.39, 0.29) is 28.9 Å². The van der Waals surface area contributed by atoms with Gasteiger partial charge in [-0.1, -0.05) is 60.7 Å². The first kappa shape index (κ1) is 22.5. The molecule has 0 aliphatic rings. The molecule has 0 atom stereocenters. The van der Waals surface area contributed by atoms with E-state index in [1.54, 1.807) is 36.4 Å². The highest BCUT2D eigenvalue weighted by molar-refractivity contribution is 6.16. The van der Waals surface area contributed by atoms with Gasteiger partial charge in [0.2, 0.25) is 0 Å². The Balaban J connectivity index is 1.67. The summed E-state index contributed by atoms with van der Waals surface area (Å²) in [7, 11) is 1.26. The number of methoxy groups -OCH3 is 1. The monoisotopic (exact) mass is 428 g/mol. The van der Waals surface area contributed by atoms with Crippen LogP contribution in [0.2, 0.25) is 0 Å². The topological polar surface area (TPSA) is 94.6 Å². The minimum Gasteiger partial charge on any atom is -0.465 e. The van der Waals surface area contributed by atoms with Crippen molar-refractivity contribution >= 4 is 29.1 Å². The number of carbonyl (C=O) groups excluding carboxylic acids is 5. The Morgan fingerprint density at radius 3 is 1.44 bits per heavy atom. The van der Waals surface area contributed by atoms with E-state index in [0.29, 0.717) is 11.1 Å². The Bertz CT molecular complexity index is 1180. The fraction of sp³-hybridized carbons (Fsp3) is 0.115. The summed E-state index contributed by atoms with van der Waals surface area (Å²) in [5.74, 6) is -2.10. The second kappa shape index (κ2) is 10.2. The van der Waals surface area contributed by atoms with E-state index >= 15 is 0 Å². The zero-order chi connectivity index (χ0) is 23.1. The summed E-state index contributed by atoms with van der Waals surface area (Å²) in [5, 5.41) is 0. The van der Waals surface area contributed by atoms with Crippen LogP contribution < -0.4 is 0 Å². The number of hydrogen-bond acceptors (Lipinski definition) is 6. The van der Waals surface area contributed by atoms with Crippen LogP contribution in [0.25, 0.3) is 0 Å². The van der Waals surface area contributed by atoms with Gasteiger partial charge < -0.3 is 4.74 Å². The summed E-state index contributed by atoms with van der Waals surface area (Å²) in [4.78, 5) is 61.3. The lowest BCUT2D eigenvalue weighted by Gasteiger charge is -2.05. The molecule has 0 saturated carbocycles. The predicted octanol–water partition coefficient (Wildman–Crippen LogP) is 4.38. The van der Waals surface area contributed by atoms with E-state index in [1.165, 1.54) is 49.6 Å². The highest BCUT2D eigenvalue weighted by Crippen LogP contribution is 2.15. The molecule has 32 heavy (non-hydrogen) atoms. The Morgan fingerprint density at radius 1 is 0.531 bits per heavy atom. The molecule has 160 valence electrons. The largest absolute Gasteiger partial charge is 0.465 e. The second-order valence-electron chi connectivity index (χ2n) is 7.06. The van der Waals surface area contributed by atoms with Gasteiger partial charge in [-0.2, -0.15) is 0 Å². The van der Waals surface area contributed by atoms with Crippen LogP contribution in [-0.4, -0.2) is 36.2 Å². The van der Waals surface area contributed by atoms with Gasteiger partial charge in [0.15, 0.2) is 23.1 Å². The van der Waals surface area contributed by atoms with Crippen LogP contribution in [0.4, 0.5) is 0 Å². The predicted molar refractivity (Wildman–Crippen MR) is 117 cm³/mol. The molecule has 0 saturated heterocycles. The van der Waals surface area contributed by atoms with Crippen molar-refractivity contribution in [3.05, 3.63) is 107 Å². The molecule has 3 aromatic carbocycles. The zero-order valence-corrected chi connectivity index (χ0v) is 17.4. The fourth-order valence-corrected chi connectivity index (χ4v) is 3.10. The first-order valence-corrected chi connectivity index (χ1v) is 9.85. The maximum absolute atomic E-state index is 12.6. The van der Waals surface area contributed by atoms with E-state index in [0.717, 1.165) is 0 Å². The van der Waals surface area contributed by atoms with Crippen molar-refractivity contribution in [2.75, 3.05) is 7.11 Å². The van der Waals surface area contributed by atoms with Crippen LogP contribution in [-0.2, 0) is 4.74 Å². The van der Waals surface area contributed by atoms with Gasteiger partial charge in [-0.25, -0.2) is 4.79 Å². The van der Waals surface area contributed by atoms with Crippen molar-refractivity contribution in [3.63, 3.8) is 0 Å². The molecule has 6 heteroatoms. The van der Waals surface area contributed by atoms with Crippen LogP contribution in [0.15, 0.2) is 78.9 Å². The molecule has 6 nitrogen and oxygen atoms in total. The molecular weight excluding hydrogens is 408 g/mol. The van der Waals surface area contributed by atoms with E-state index in [4.69, 9.17) is 0 Å². The lowest BCUT2D eigenvalue weighted by atomic mass is 9.97. The van der Waals surface area contributed by atoms with Crippen molar-refractivity contribution in [2.45, 2.75) is 12.8 Å². The Labute approximate surface area is 184 Å². The highest BCUT2D eigenvalue weighted by Gasteiger charge is 2.18. The molecule has 0 aromatic heterocycles. The summed E-state index contributed by atoms with van der Waals surface area (Å²) in [6, 6.07) is 20.3. The maximum atomic E-state index is 12.6. The average Bonchev–Trinajstić information content (AvgIpc) is 2.84. The van der Waals surface area contributed by atoms with Crippen LogP contribution in [0.1, 0.15) is 64.6 Å². The third-order valence-corrected chi connectivity index (χ3v) is 4.87. The van der Waals surface area contributed by atoms with Crippen LogP contribution in [0, 0.1) is 0 Å². The zero-order valence-electron chi connectivity index (χ0n) is 17.4. The molecule has 0 aliphatic heterocycles. The van der Waals surface area contributed by atoms with Gasteiger partial charge in [0, 0.05) is 22.3 Å². The van der Waals surface area contributed by atoms with Gasteiger partial charge in [-0.3, -0.25) is 19.2 Å². The normalized spacial score (nSPS) is 10.3. The Morgan fingerprint density at radius 2 is 0.938 bits per heavy atom. The summed E-state index contributed by atoms with van der Waals surface area (Å²) in [6.45, 7) is 0. The molecule has 0 amide bonds. The minimum atomic E-state index is -0.521. The molecule has 0 N–H and O–H groups in total. The van der Waals surface area contributed by atoms with Crippen LogP contribution in [0.5, 0.6) is 0 Å². The molecule has 0 heterocycles. The molecule has 3 rings (SSSR count). The van der Waals surface area contributed by atoms with Gasteiger partial charge in [-0.15, -0.1) is 0 Å². The summed E-state index contributed by atoms with van der Waals surface area (Å²) in [5.41, 5.74) is 1.47. The molecule has 0 spiro atoms. The van der Waals surface area contributed by atoms with Gasteiger partial charge in [0.05, 0.1) is 25.5 Å². The number of Topliss-reactive ketones (excluding diaryl/α,β-unsaturated/α-hetero) is 4. The third kappa shape index (κ3) is 5.49. The number of rotatable bonds is 9. The minimum absolute atomic E-state index is 0.211. The van der Waals surface area contributed by atoms with Gasteiger partial charge in [0.25, 0.3) is 0 Å². The SMILES string of the molecule is COC(=O)c1ccc(C(=O)CC(=O)c2cccc(C(=O)CC(=O)c3ccccc3)c2)cc1. The van der Waals surface area contributed by atoms with Crippen LogP contribution in [0.3, 0.4) is 0 Å². The average molecular weight is 428 g/mol. The van der Waals surface area contributed by atoms with Gasteiger partial charge >= 0.3 is 5.97 Å². The highest BCUT2D eigenvalue weighted by atomic mass is 16.5. The van der Waals surface area contributed by atoms with Crippen molar-refractivity contribution in [3.8, 4) is 0 Å². The van der Waals surface area contributed by atoms with Gasteiger partial charge in [0.1, 0.15) is 0 Å². The number of esters is 1.